The molecule has 0 spiro atoms. The van der Waals surface area contributed by atoms with E-state index in [0.717, 1.165) is 17.4 Å². The number of sulfone groups is 1. The van der Waals surface area contributed by atoms with Crippen LogP contribution < -0.4 is 4.74 Å². The molecule has 2 heterocycles. The van der Waals surface area contributed by atoms with Crippen LogP contribution in [-0.4, -0.2) is 105 Å². The van der Waals surface area contributed by atoms with E-state index < -0.39 is 21.9 Å². The van der Waals surface area contributed by atoms with Crippen LogP contribution in [0.4, 0.5) is 4.79 Å². The van der Waals surface area contributed by atoms with Crippen LogP contribution in [-0.2, 0) is 14.6 Å². The Morgan fingerprint density at radius 3 is 2.04 bits per heavy atom. The number of hydrogen-bond donors (Lipinski definition) is 0. The van der Waals surface area contributed by atoms with Crippen LogP contribution in [0.5, 0.6) is 5.75 Å². The van der Waals surface area contributed by atoms with Crippen LogP contribution in [0.1, 0.15) is 35.7 Å². The first-order valence-electron chi connectivity index (χ1n) is 14.9. The number of halogens is 2. The topological polar surface area (TPSA) is 103 Å². The maximum absolute atomic E-state index is 14.7. The Labute approximate surface area is 280 Å². The van der Waals surface area contributed by atoms with Gasteiger partial charge in [-0.25, -0.2) is 13.2 Å². The van der Waals surface area contributed by atoms with E-state index in [1.54, 1.807) is 59.1 Å². The number of benzene rings is 3. The summed E-state index contributed by atoms with van der Waals surface area (Å²) >= 11 is 12.5. The molecule has 2 atom stereocenters. The molecule has 0 saturated carbocycles. The highest BCUT2D eigenvalue weighted by Crippen LogP contribution is 2.45. The highest BCUT2D eigenvalue weighted by molar-refractivity contribution is 7.90. The summed E-state index contributed by atoms with van der Waals surface area (Å²) in [5.74, 6) is 0.669. The number of likely N-dealkylation sites (N-methyl/N-ethyl adjacent to an activating group) is 1. The second-order valence-electron chi connectivity index (χ2n) is 11.5. The van der Waals surface area contributed by atoms with Gasteiger partial charge in [0.1, 0.15) is 17.6 Å². The Morgan fingerprint density at radius 1 is 0.913 bits per heavy atom. The summed E-state index contributed by atoms with van der Waals surface area (Å²) < 4.78 is 30.9. The molecule has 2 aliphatic rings. The van der Waals surface area contributed by atoms with Crippen molar-refractivity contribution in [2.24, 2.45) is 4.99 Å². The summed E-state index contributed by atoms with van der Waals surface area (Å²) in [5, 5.41) is 1.13. The number of amidine groups is 1. The van der Waals surface area contributed by atoms with Gasteiger partial charge in [-0.3, -0.25) is 19.6 Å². The number of piperazine rings is 1. The summed E-state index contributed by atoms with van der Waals surface area (Å²) in [5.41, 5.74) is 2.15. The molecular weight excluding hydrogens is 649 g/mol. The van der Waals surface area contributed by atoms with Crippen LogP contribution in [0.25, 0.3) is 0 Å². The summed E-state index contributed by atoms with van der Waals surface area (Å²) in [6.07, 6.45) is 1.14. The Balaban J connectivity index is 1.61. The van der Waals surface area contributed by atoms with Gasteiger partial charge in [-0.1, -0.05) is 47.5 Å². The maximum atomic E-state index is 14.7. The van der Waals surface area contributed by atoms with E-state index >= 15 is 0 Å². The van der Waals surface area contributed by atoms with Crippen LogP contribution in [0.15, 0.2) is 76.6 Å². The summed E-state index contributed by atoms with van der Waals surface area (Å²) in [4.78, 5) is 39.3. The van der Waals surface area contributed by atoms with Gasteiger partial charge in [0.15, 0.2) is 9.84 Å². The SMILES string of the molecule is CCOc1cc(S(C)(=O)=O)ccc1C1=NC(c2ccc(Cl)cc2)C(c2ccc(Cl)cc2)N1C(=O)N1CCN(CC(=O)N(C)C)CC1. The molecule has 0 aliphatic carbocycles. The highest BCUT2D eigenvalue weighted by atomic mass is 35.5. The molecule has 0 aromatic heterocycles. The molecule has 3 aromatic rings. The Kier molecular flexibility index (Phi) is 10.3. The zero-order valence-electron chi connectivity index (χ0n) is 26.2. The number of urea groups is 1. The molecule has 3 amide bonds. The molecule has 3 aromatic carbocycles. The van der Waals surface area contributed by atoms with Gasteiger partial charge in [0.25, 0.3) is 0 Å². The van der Waals surface area contributed by atoms with E-state index in [0.29, 0.717) is 53.4 Å². The molecule has 0 bridgehead atoms. The van der Waals surface area contributed by atoms with Crippen molar-refractivity contribution < 1.29 is 22.7 Å². The summed E-state index contributed by atoms with van der Waals surface area (Å²) in [6.45, 7) is 4.25. The van der Waals surface area contributed by atoms with E-state index in [4.69, 9.17) is 32.9 Å². The number of nitrogens with zero attached hydrogens (tertiary/aromatic N) is 5. The molecule has 13 heteroatoms. The molecule has 0 radical (unpaired) electrons. The van der Waals surface area contributed by atoms with Crippen molar-refractivity contribution in [1.29, 1.82) is 0 Å². The number of amides is 3. The van der Waals surface area contributed by atoms with E-state index in [9.17, 15) is 18.0 Å². The van der Waals surface area contributed by atoms with E-state index in [2.05, 4.69) is 0 Å². The lowest BCUT2D eigenvalue weighted by Crippen LogP contribution is -2.55. The van der Waals surface area contributed by atoms with Crippen LogP contribution in [0.3, 0.4) is 0 Å². The minimum absolute atomic E-state index is 0.00309. The Bertz CT molecular complexity index is 1720. The Hall–Kier alpha value is -3.64. The summed E-state index contributed by atoms with van der Waals surface area (Å²) in [6, 6.07) is 18.0. The number of carbonyl (C=O) groups excluding carboxylic acids is 2. The number of aliphatic imine (C=N–C) groups is 1. The number of ether oxygens (including phenoxy) is 1. The number of rotatable bonds is 8. The van der Waals surface area contributed by atoms with Crippen LogP contribution in [0.2, 0.25) is 10.0 Å². The zero-order valence-corrected chi connectivity index (χ0v) is 28.5. The van der Waals surface area contributed by atoms with Crippen molar-refractivity contribution in [3.8, 4) is 5.75 Å². The predicted octanol–water partition coefficient (Wildman–Crippen LogP) is 5.17. The van der Waals surface area contributed by atoms with Gasteiger partial charge in [-0.2, -0.15) is 0 Å². The van der Waals surface area contributed by atoms with Crippen molar-refractivity contribution in [2.45, 2.75) is 23.9 Å². The number of carbonyl (C=O) groups is 2. The average molecular weight is 687 g/mol. The minimum atomic E-state index is -3.53. The van der Waals surface area contributed by atoms with Crippen molar-refractivity contribution in [2.75, 3.05) is 59.7 Å². The third-order valence-electron chi connectivity index (χ3n) is 8.12. The molecule has 2 aliphatic heterocycles. The molecule has 2 unspecified atom stereocenters. The second kappa shape index (κ2) is 14.0. The number of hydrogen-bond acceptors (Lipinski definition) is 7. The lowest BCUT2D eigenvalue weighted by atomic mass is 9.93. The van der Waals surface area contributed by atoms with Gasteiger partial charge < -0.3 is 14.5 Å². The smallest absolute Gasteiger partial charge is 0.326 e. The maximum Gasteiger partial charge on any atom is 0.326 e. The first-order valence-corrected chi connectivity index (χ1v) is 17.6. The van der Waals surface area contributed by atoms with E-state index in [1.807, 2.05) is 36.1 Å². The van der Waals surface area contributed by atoms with Crippen LogP contribution >= 0.6 is 23.2 Å². The van der Waals surface area contributed by atoms with Crippen molar-refractivity contribution in [1.82, 2.24) is 19.6 Å². The molecule has 5 rings (SSSR count). The zero-order chi connectivity index (χ0) is 33.2. The monoisotopic (exact) mass is 685 g/mol. The Morgan fingerprint density at radius 2 is 1.50 bits per heavy atom. The molecule has 46 heavy (non-hydrogen) atoms. The van der Waals surface area contributed by atoms with Gasteiger partial charge >= 0.3 is 6.03 Å². The summed E-state index contributed by atoms with van der Waals surface area (Å²) in [7, 11) is -0.0802. The first-order chi connectivity index (χ1) is 21.9. The lowest BCUT2D eigenvalue weighted by molar-refractivity contribution is -0.130. The largest absolute Gasteiger partial charge is 0.493 e. The highest BCUT2D eigenvalue weighted by Gasteiger charge is 2.45. The predicted molar refractivity (Wildman–Crippen MR) is 180 cm³/mol. The van der Waals surface area contributed by atoms with E-state index in [1.165, 1.54) is 12.1 Å². The molecule has 244 valence electrons. The fourth-order valence-corrected chi connectivity index (χ4v) is 6.52. The second-order valence-corrected chi connectivity index (χ2v) is 14.4. The van der Waals surface area contributed by atoms with Gasteiger partial charge in [0, 0.05) is 56.6 Å². The van der Waals surface area contributed by atoms with Crippen molar-refractivity contribution >= 4 is 50.8 Å². The van der Waals surface area contributed by atoms with Crippen LogP contribution in [0, 0.1) is 0 Å². The lowest BCUT2D eigenvalue weighted by Gasteiger charge is -2.39. The average Bonchev–Trinajstić information content (AvgIpc) is 3.41. The third kappa shape index (κ3) is 7.33. The van der Waals surface area contributed by atoms with Crippen molar-refractivity contribution in [3.05, 3.63) is 93.5 Å². The third-order valence-corrected chi connectivity index (χ3v) is 9.73. The minimum Gasteiger partial charge on any atom is -0.493 e. The van der Waals surface area contributed by atoms with Crippen molar-refractivity contribution in [3.63, 3.8) is 0 Å². The standard InChI is InChI=1S/C33H37Cl2N5O5S/c1-5-45-28-20-26(46(4,43)44)14-15-27(28)32-36-30(22-6-10-24(34)11-7-22)31(23-8-12-25(35)13-9-23)40(32)33(42)39-18-16-38(17-19-39)21-29(41)37(2)3/h6-15,20,30-31H,5,16-19,21H2,1-4H3. The van der Waals surface area contributed by atoms with E-state index in [-0.39, 0.29) is 30.0 Å². The normalized spacial score (nSPS) is 18.8. The molecular formula is C33H37Cl2N5O5S. The first kappa shape index (κ1) is 33.7. The quantitative estimate of drug-likeness (QED) is 0.324. The van der Waals surface area contributed by atoms with Gasteiger partial charge in [-0.05, 0) is 60.5 Å². The fourth-order valence-electron chi connectivity index (χ4n) is 5.63. The molecule has 0 N–H and O–H groups in total. The molecule has 1 saturated heterocycles. The molecule has 10 nitrogen and oxygen atoms in total. The van der Waals surface area contributed by atoms with Gasteiger partial charge in [0.2, 0.25) is 5.91 Å². The van der Waals surface area contributed by atoms with Gasteiger partial charge in [-0.15, -0.1) is 0 Å². The molecule has 1 fully saturated rings. The fraction of sp³-hybridized carbons (Fsp3) is 0.364. The van der Waals surface area contributed by atoms with Gasteiger partial charge in [0.05, 0.1) is 29.7 Å².